The van der Waals surface area contributed by atoms with Crippen LogP contribution in [0.2, 0.25) is 10.0 Å². The van der Waals surface area contributed by atoms with E-state index in [1.807, 2.05) is 12.1 Å². The van der Waals surface area contributed by atoms with E-state index in [1.165, 1.54) is 24.4 Å². The van der Waals surface area contributed by atoms with Gasteiger partial charge in [-0.2, -0.15) is 0 Å². The van der Waals surface area contributed by atoms with Crippen molar-refractivity contribution in [3.05, 3.63) is 46.5 Å². The maximum Gasteiger partial charge on any atom is 0.190 e. The fraction of sp³-hybridized carbons (Fsp3) is 0.100. The zero-order chi connectivity index (χ0) is 11.4. The molecule has 6 heteroatoms. The summed E-state index contributed by atoms with van der Waals surface area (Å²) in [4.78, 5) is 11.8. The summed E-state index contributed by atoms with van der Waals surface area (Å²) in [6, 6.07) is 5.45. The molecule has 0 aliphatic heterocycles. The van der Waals surface area contributed by atoms with Gasteiger partial charge in [-0.25, -0.2) is 15.0 Å². The van der Waals surface area contributed by atoms with Crippen molar-refractivity contribution in [1.29, 1.82) is 0 Å². The second-order valence-corrected chi connectivity index (χ2v) is 4.73. The van der Waals surface area contributed by atoms with Crippen LogP contribution in [0.3, 0.4) is 0 Å². The highest BCUT2D eigenvalue weighted by Crippen LogP contribution is 2.26. The van der Waals surface area contributed by atoms with Crippen molar-refractivity contribution < 1.29 is 0 Å². The van der Waals surface area contributed by atoms with Crippen LogP contribution in [-0.4, -0.2) is 15.0 Å². The first-order valence-electron chi connectivity index (χ1n) is 4.44. The van der Waals surface area contributed by atoms with Gasteiger partial charge in [0.2, 0.25) is 0 Å². The van der Waals surface area contributed by atoms with Crippen LogP contribution in [0.4, 0.5) is 0 Å². The summed E-state index contributed by atoms with van der Waals surface area (Å²) in [6.07, 6.45) is 2.94. The number of nitrogens with zero attached hydrogens (tertiary/aromatic N) is 3. The fourth-order valence-corrected chi connectivity index (χ4v) is 2.42. The Morgan fingerprint density at radius 3 is 2.56 bits per heavy atom. The highest BCUT2D eigenvalue weighted by atomic mass is 35.5. The number of aromatic nitrogens is 3. The lowest BCUT2D eigenvalue weighted by Gasteiger charge is -2.03. The summed E-state index contributed by atoms with van der Waals surface area (Å²) in [5.74, 6) is 0.708. The van der Waals surface area contributed by atoms with Crippen molar-refractivity contribution in [1.82, 2.24) is 15.0 Å². The lowest BCUT2D eigenvalue weighted by atomic mass is 10.2. The lowest BCUT2D eigenvalue weighted by Crippen LogP contribution is -1.88. The minimum Gasteiger partial charge on any atom is -0.225 e. The number of halogens is 2. The number of hydrogen-bond acceptors (Lipinski definition) is 4. The predicted molar refractivity (Wildman–Crippen MR) is 65.9 cm³/mol. The van der Waals surface area contributed by atoms with E-state index in [0.717, 1.165) is 5.56 Å². The van der Waals surface area contributed by atoms with E-state index in [0.29, 0.717) is 21.0 Å². The molecule has 2 aromatic rings. The van der Waals surface area contributed by atoms with Gasteiger partial charge in [-0.15, -0.1) is 0 Å². The molecule has 1 aromatic carbocycles. The van der Waals surface area contributed by atoms with Crippen molar-refractivity contribution in [2.24, 2.45) is 0 Å². The fourth-order valence-electron chi connectivity index (χ4n) is 1.08. The first-order valence-corrected chi connectivity index (χ1v) is 6.18. The molecule has 0 saturated heterocycles. The summed E-state index contributed by atoms with van der Waals surface area (Å²) in [6.45, 7) is 0. The van der Waals surface area contributed by atoms with Gasteiger partial charge in [0.15, 0.2) is 5.16 Å². The van der Waals surface area contributed by atoms with Crippen molar-refractivity contribution in [2.75, 3.05) is 0 Å². The standard InChI is InChI=1S/C10H7Cl2N3S/c11-8-2-1-7(9(12)3-8)4-16-10-14-5-13-6-15-10/h1-3,5-6H,4H2. The average molecular weight is 272 g/mol. The van der Waals surface area contributed by atoms with Crippen molar-refractivity contribution in [3.8, 4) is 0 Å². The molecule has 0 radical (unpaired) electrons. The molecule has 0 amide bonds. The zero-order valence-corrected chi connectivity index (χ0v) is 10.4. The van der Waals surface area contributed by atoms with Crippen LogP contribution in [0.15, 0.2) is 36.0 Å². The Balaban J connectivity index is 2.05. The lowest BCUT2D eigenvalue weighted by molar-refractivity contribution is 0.901. The van der Waals surface area contributed by atoms with Crippen LogP contribution in [0.25, 0.3) is 0 Å². The van der Waals surface area contributed by atoms with E-state index < -0.39 is 0 Å². The van der Waals surface area contributed by atoms with Crippen molar-refractivity contribution in [3.63, 3.8) is 0 Å². The molecule has 0 bridgehead atoms. The van der Waals surface area contributed by atoms with E-state index in [1.54, 1.807) is 6.07 Å². The van der Waals surface area contributed by atoms with E-state index >= 15 is 0 Å². The summed E-state index contributed by atoms with van der Waals surface area (Å²) in [5, 5.41) is 1.98. The van der Waals surface area contributed by atoms with Gasteiger partial charge in [-0.05, 0) is 17.7 Å². The van der Waals surface area contributed by atoms with Gasteiger partial charge in [0, 0.05) is 15.8 Å². The molecular formula is C10H7Cl2N3S. The summed E-state index contributed by atoms with van der Waals surface area (Å²) < 4.78 is 0. The zero-order valence-electron chi connectivity index (χ0n) is 8.10. The average Bonchev–Trinajstić information content (AvgIpc) is 2.29. The van der Waals surface area contributed by atoms with Gasteiger partial charge >= 0.3 is 0 Å². The predicted octanol–water partition coefficient (Wildman–Crippen LogP) is 3.47. The van der Waals surface area contributed by atoms with Crippen molar-refractivity contribution in [2.45, 2.75) is 10.9 Å². The molecule has 0 N–H and O–H groups in total. The number of benzene rings is 1. The Kier molecular flexibility index (Phi) is 3.98. The third-order valence-corrected chi connectivity index (χ3v) is 3.35. The van der Waals surface area contributed by atoms with Crippen LogP contribution in [0.1, 0.15) is 5.56 Å². The molecule has 0 fully saturated rings. The second kappa shape index (κ2) is 5.48. The minimum atomic E-state index is 0.638. The molecule has 0 aliphatic carbocycles. The Labute approximate surface area is 107 Å². The van der Waals surface area contributed by atoms with E-state index in [4.69, 9.17) is 23.2 Å². The van der Waals surface area contributed by atoms with E-state index in [-0.39, 0.29) is 0 Å². The number of rotatable bonds is 3. The molecule has 0 spiro atoms. The topological polar surface area (TPSA) is 38.7 Å². The molecule has 2 rings (SSSR count). The maximum absolute atomic E-state index is 6.04. The van der Waals surface area contributed by atoms with Crippen LogP contribution in [0.5, 0.6) is 0 Å². The quantitative estimate of drug-likeness (QED) is 0.802. The second-order valence-electron chi connectivity index (χ2n) is 2.95. The first-order chi connectivity index (χ1) is 7.75. The number of thioether (sulfide) groups is 1. The SMILES string of the molecule is Clc1ccc(CSc2ncncn2)c(Cl)c1. The molecule has 0 aliphatic rings. The van der Waals surface area contributed by atoms with E-state index in [2.05, 4.69) is 15.0 Å². The number of hydrogen-bond donors (Lipinski definition) is 0. The first kappa shape index (κ1) is 11.6. The maximum atomic E-state index is 6.04. The van der Waals surface area contributed by atoms with Crippen LogP contribution in [-0.2, 0) is 5.75 Å². The normalized spacial score (nSPS) is 10.4. The van der Waals surface area contributed by atoms with E-state index in [9.17, 15) is 0 Å². The minimum absolute atomic E-state index is 0.638. The summed E-state index contributed by atoms with van der Waals surface area (Å²) >= 11 is 13.4. The van der Waals surface area contributed by atoms with Gasteiger partial charge in [0.25, 0.3) is 0 Å². The third-order valence-electron chi connectivity index (χ3n) is 1.84. The van der Waals surface area contributed by atoms with Gasteiger partial charge in [0.05, 0.1) is 0 Å². The van der Waals surface area contributed by atoms with Gasteiger partial charge in [-0.1, -0.05) is 41.0 Å². The molecule has 0 saturated carbocycles. The molecule has 1 heterocycles. The van der Waals surface area contributed by atoms with Crippen LogP contribution in [0, 0.1) is 0 Å². The Bertz CT molecular complexity index is 479. The summed E-state index contributed by atoms with van der Waals surface area (Å²) in [7, 11) is 0. The molecule has 16 heavy (non-hydrogen) atoms. The highest BCUT2D eigenvalue weighted by Gasteiger charge is 2.03. The largest absolute Gasteiger partial charge is 0.225 e. The van der Waals surface area contributed by atoms with Gasteiger partial charge in [-0.3, -0.25) is 0 Å². The van der Waals surface area contributed by atoms with Gasteiger partial charge < -0.3 is 0 Å². The van der Waals surface area contributed by atoms with Crippen LogP contribution < -0.4 is 0 Å². The molecule has 1 aromatic heterocycles. The molecule has 0 unspecified atom stereocenters. The molecule has 82 valence electrons. The Morgan fingerprint density at radius 1 is 1.12 bits per heavy atom. The monoisotopic (exact) mass is 271 g/mol. The third kappa shape index (κ3) is 3.07. The van der Waals surface area contributed by atoms with Crippen molar-refractivity contribution >= 4 is 35.0 Å². The van der Waals surface area contributed by atoms with Gasteiger partial charge in [0.1, 0.15) is 12.7 Å². The highest BCUT2D eigenvalue weighted by molar-refractivity contribution is 7.98. The Hall–Kier alpha value is -0.840. The molecule has 3 nitrogen and oxygen atoms in total. The smallest absolute Gasteiger partial charge is 0.190 e. The molecular weight excluding hydrogens is 265 g/mol. The Morgan fingerprint density at radius 2 is 1.88 bits per heavy atom. The van der Waals surface area contributed by atoms with Crippen LogP contribution >= 0.6 is 35.0 Å². The summed E-state index contributed by atoms with van der Waals surface area (Å²) in [5.41, 5.74) is 1.01. The molecule has 0 atom stereocenters.